The SMILES string of the molecule is O=C(NCCc1ccco1)c1ccc(Nc2ncccn2)cc1. The van der Waals surface area contributed by atoms with Crippen LogP contribution in [0.15, 0.2) is 65.5 Å². The van der Waals surface area contributed by atoms with Crippen molar-refractivity contribution in [3.8, 4) is 0 Å². The van der Waals surface area contributed by atoms with Crippen LogP contribution in [-0.4, -0.2) is 22.4 Å². The second-order valence-electron chi connectivity index (χ2n) is 4.86. The molecule has 1 aromatic carbocycles. The maximum absolute atomic E-state index is 12.1. The molecule has 23 heavy (non-hydrogen) atoms. The molecule has 2 aromatic heterocycles. The quantitative estimate of drug-likeness (QED) is 0.732. The number of hydrogen-bond acceptors (Lipinski definition) is 5. The first-order valence-corrected chi connectivity index (χ1v) is 7.26. The number of benzene rings is 1. The lowest BCUT2D eigenvalue weighted by Crippen LogP contribution is -2.25. The first-order valence-electron chi connectivity index (χ1n) is 7.26. The molecule has 0 fully saturated rings. The van der Waals surface area contributed by atoms with Gasteiger partial charge in [0.2, 0.25) is 5.95 Å². The average molecular weight is 308 g/mol. The first-order chi connectivity index (χ1) is 11.3. The Morgan fingerprint density at radius 2 is 1.83 bits per heavy atom. The molecule has 0 radical (unpaired) electrons. The zero-order valence-electron chi connectivity index (χ0n) is 12.4. The van der Waals surface area contributed by atoms with Gasteiger partial charge in [0, 0.05) is 36.6 Å². The minimum absolute atomic E-state index is 0.112. The van der Waals surface area contributed by atoms with Gasteiger partial charge < -0.3 is 15.1 Å². The van der Waals surface area contributed by atoms with Crippen LogP contribution >= 0.6 is 0 Å². The van der Waals surface area contributed by atoms with Crippen LogP contribution in [0.3, 0.4) is 0 Å². The molecule has 0 spiro atoms. The molecule has 0 aliphatic heterocycles. The first kappa shape index (κ1) is 14.8. The van der Waals surface area contributed by atoms with E-state index in [2.05, 4.69) is 20.6 Å². The van der Waals surface area contributed by atoms with Crippen LogP contribution in [0.1, 0.15) is 16.1 Å². The van der Waals surface area contributed by atoms with E-state index < -0.39 is 0 Å². The van der Waals surface area contributed by atoms with Gasteiger partial charge in [-0.1, -0.05) is 0 Å². The van der Waals surface area contributed by atoms with Gasteiger partial charge in [0.05, 0.1) is 6.26 Å². The van der Waals surface area contributed by atoms with Crippen LogP contribution in [0.4, 0.5) is 11.6 Å². The zero-order chi connectivity index (χ0) is 15.9. The number of carbonyl (C=O) groups excluding carboxylic acids is 1. The standard InChI is InChI=1S/C17H16N4O2/c22-16(18-11-8-15-3-1-12-23-15)13-4-6-14(7-5-13)21-17-19-9-2-10-20-17/h1-7,9-10,12H,8,11H2,(H,18,22)(H,19,20,21). The summed E-state index contributed by atoms with van der Waals surface area (Å²) in [6, 6.07) is 12.6. The topological polar surface area (TPSA) is 80.0 Å². The van der Waals surface area contributed by atoms with E-state index >= 15 is 0 Å². The van der Waals surface area contributed by atoms with E-state index in [1.165, 1.54) is 0 Å². The van der Waals surface area contributed by atoms with Gasteiger partial charge in [-0.2, -0.15) is 0 Å². The van der Waals surface area contributed by atoms with Gasteiger partial charge in [0.15, 0.2) is 0 Å². The number of nitrogens with one attached hydrogen (secondary N) is 2. The second kappa shape index (κ2) is 7.22. The Kier molecular flexibility index (Phi) is 4.63. The van der Waals surface area contributed by atoms with Crippen molar-refractivity contribution in [2.75, 3.05) is 11.9 Å². The minimum atomic E-state index is -0.112. The molecule has 0 saturated carbocycles. The molecule has 1 amide bonds. The Morgan fingerprint density at radius 3 is 2.52 bits per heavy atom. The van der Waals surface area contributed by atoms with Gasteiger partial charge >= 0.3 is 0 Å². The van der Waals surface area contributed by atoms with Crippen molar-refractivity contribution in [2.45, 2.75) is 6.42 Å². The van der Waals surface area contributed by atoms with Crippen LogP contribution in [0, 0.1) is 0 Å². The van der Waals surface area contributed by atoms with Crippen molar-refractivity contribution in [2.24, 2.45) is 0 Å². The lowest BCUT2D eigenvalue weighted by atomic mass is 10.2. The summed E-state index contributed by atoms with van der Waals surface area (Å²) >= 11 is 0. The molecule has 6 heteroatoms. The Labute approximate surface area is 133 Å². The van der Waals surface area contributed by atoms with E-state index in [0.717, 1.165) is 11.4 Å². The highest BCUT2D eigenvalue weighted by molar-refractivity contribution is 5.94. The molecule has 3 aromatic rings. The number of anilines is 2. The molecule has 0 atom stereocenters. The lowest BCUT2D eigenvalue weighted by Gasteiger charge is -2.07. The fourth-order valence-corrected chi connectivity index (χ4v) is 2.05. The van der Waals surface area contributed by atoms with E-state index in [1.807, 2.05) is 24.3 Å². The minimum Gasteiger partial charge on any atom is -0.469 e. The highest BCUT2D eigenvalue weighted by atomic mass is 16.3. The summed E-state index contributed by atoms with van der Waals surface area (Å²) in [4.78, 5) is 20.2. The van der Waals surface area contributed by atoms with Gasteiger partial charge in [0.1, 0.15) is 5.76 Å². The maximum atomic E-state index is 12.1. The molecule has 0 saturated heterocycles. The van der Waals surface area contributed by atoms with Crippen LogP contribution in [0.25, 0.3) is 0 Å². The molecule has 0 unspecified atom stereocenters. The third-order valence-corrected chi connectivity index (χ3v) is 3.21. The van der Waals surface area contributed by atoms with Crippen LogP contribution in [0.5, 0.6) is 0 Å². The van der Waals surface area contributed by atoms with Crippen molar-refractivity contribution in [1.29, 1.82) is 0 Å². The Balaban J connectivity index is 1.53. The maximum Gasteiger partial charge on any atom is 0.251 e. The van der Waals surface area contributed by atoms with Crippen molar-refractivity contribution >= 4 is 17.5 Å². The summed E-state index contributed by atoms with van der Waals surface area (Å²) < 4.78 is 5.22. The predicted molar refractivity (Wildman–Crippen MR) is 86.5 cm³/mol. The Hall–Kier alpha value is -3.15. The highest BCUT2D eigenvalue weighted by Gasteiger charge is 2.06. The highest BCUT2D eigenvalue weighted by Crippen LogP contribution is 2.13. The predicted octanol–water partition coefficient (Wildman–Crippen LogP) is 2.79. The summed E-state index contributed by atoms with van der Waals surface area (Å²) in [5.74, 6) is 1.26. The van der Waals surface area contributed by atoms with Gasteiger partial charge in [-0.25, -0.2) is 9.97 Å². The number of furan rings is 1. The smallest absolute Gasteiger partial charge is 0.251 e. The molecule has 2 N–H and O–H groups in total. The summed E-state index contributed by atoms with van der Waals surface area (Å²) in [5.41, 5.74) is 1.42. The third-order valence-electron chi connectivity index (χ3n) is 3.21. The number of aromatic nitrogens is 2. The Morgan fingerprint density at radius 1 is 1.04 bits per heavy atom. The van der Waals surface area contributed by atoms with E-state index in [4.69, 9.17) is 4.42 Å². The fourth-order valence-electron chi connectivity index (χ4n) is 2.05. The van der Waals surface area contributed by atoms with Crippen molar-refractivity contribution in [1.82, 2.24) is 15.3 Å². The van der Waals surface area contributed by atoms with Crippen LogP contribution in [-0.2, 0) is 6.42 Å². The monoisotopic (exact) mass is 308 g/mol. The summed E-state index contributed by atoms with van der Waals surface area (Å²) in [5, 5.41) is 5.93. The molecular weight excluding hydrogens is 292 g/mol. The van der Waals surface area contributed by atoms with Gasteiger partial charge in [-0.3, -0.25) is 4.79 Å². The number of amides is 1. The van der Waals surface area contributed by atoms with E-state index in [0.29, 0.717) is 24.5 Å². The van der Waals surface area contributed by atoms with Crippen molar-refractivity contribution in [3.05, 3.63) is 72.4 Å². The number of rotatable bonds is 6. The van der Waals surface area contributed by atoms with E-state index in [9.17, 15) is 4.79 Å². The second-order valence-corrected chi connectivity index (χ2v) is 4.86. The average Bonchev–Trinajstić information content (AvgIpc) is 3.10. The van der Waals surface area contributed by atoms with Gasteiger partial charge in [-0.15, -0.1) is 0 Å². The summed E-state index contributed by atoms with van der Waals surface area (Å²) in [6.45, 7) is 0.532. The molecule has 6 nitrogen and oxygen atoms in total. The summed E-state index contributed by atoms with van der Waals surface area (Å²) in [6.07, 6.45) is 5.62. The Bertz CT molecular complexity index is 740. The number of hydrogen-bond donors (Lipinski definition) is 2. The molecule has 3 rings (SSSR count). The van der Waals surface area contributed by atoms with Crippen LogP contribution in [0.2, 0.25) is 0 Å². The van der Waals surface area contributed by atoms with Crippen LogP contribution < -0.4 is 10.6 Å². The molecule has 0 aliphatic carbocycles. The van der Waals surface area contributed by atoms with E-state index in [-0.39, 0.29) is 5.91 Å². The van der Waals surface area contributed by atoms with Crippen molar-refractivity contribution in [3.63, 3.8) is 0 Å². The van der Waals surface area contributed by atoms with E-state index in [1.54, 1.807) is 36.9 Å². The lowest BCUT2D eigenvalue weighted by molar-refractivity contribution is 0.0953. The normalized spacial score (nSPS) is 10.3. The third kappa shape index (κ3) is 4.16. The number of nitrogens with zero attached hydrogens (tertiary/aromatic N) is 2. The largest absolute Gasteiger partial charge is 0.469 e. The molecule has 2 heterocycles. The summed E-state index contributed by atoms with van der Waals surface area (Å²) in [7, 11) is 0. The van der Waals surface area contributed by atoms with Gasteiger partial charge in [-0.05, 0) is 42.5 Å². The molecular formula is C17H16N4O2. The van der Waals surface area contributed by atoms with Gasteiger partial charge in [0.25, 0.3) is 5.91 Å². The fraction of sp³-hybridized carbons (Fsp3) is 0.118. The zero-order valence-corrected chi connectivity index (χ0v) is 12.4. The molecule has 0 bridgehead atoms. The molecule has 116 valence electrons. The molecule has 0 aliphatic rings. The number of carbonyl (C=O) groups is 1. The van der Waals surface area contributed by atoms with Crippen molar-refractivity contribution < 1.29 is 9.21 Å².